The molecule has 0 aliphatic carbocycles. The summed E-state index contributed by atoms with van der Waals surface area (Å²) in [4.78, 5) is 11.8. The van der Waals surface area contributed by atoms with Crippen molar-refractivity contribution in [2.75, 3.05) is 6.26 Å². The van der Waals surface area contributed by atoms with E-state index in [0.29, 0.717) is 16.7 Å². The molecule has 0 fully saturated rings. The number of benzene rings is 2. The van der Waals surface area contributed by atoms with Crippen LogP contribution in [0, 0.1) is 0 Å². The van der Waals surface area contributed by atoms with Crippen molar-refractivity contribution in [3.63, 3.8) is 0 Å². The van der Waals surface area contributed by atoms with E-state index in [1.165, 1.54) is 12.1 Å². The molecule has 2 aromatic rings. The SMILES string of the molecule is C/C(=C(/C(=O)O)c1ccccc1)c1cccc(S(C)(=O)=O)c1. The fourth-order valence-electron chi connectivity index (χ4n) is 2.21. The maximum atomic E-state index is 11.6. The number of hydrogen-bond donors (Lipinski definition) is 1. The molecule has 5 heteroatoms. The van der Waals surface area contributed by atoms with Gasteiger partial charge in [0.15, 0.2) is 9.84 Å². The van der Waals surface area contributed by atoms with Crippen LogP contribution in [0.4, 0.5) is 0 Å². The molecule has 0 amide bonds. The largest absolute Gasteiger partial charge is 0.478 e. The van der Waals surface area contributed by atoms with Crippen molar-refractivity contribution >= 4 is 27.0 Å². The Balaban J connectivity index is 2.65. The number of rotatable bonds is 4. The van der Waals surface area contributed by atoms with Crippen LogP contribution in [-0.4, -0.2) is 25.7 Å². The summed E-state index contributed by atoms with van der Waals surface area (Å²) in [5, 5.41) is 9.51. The van der Waals surface area contributed by atoms with Crippen LogP contribution in [0.3, 0.4) is 0 Å². The van der Waals surface area contributed by atoms with Gasteiger partial charge in [0.05, 0.1) is 10.5 Å². The van der Waals surface area contributed by atoms with Crippen molar-refractivity contribution in [3.8, 4) is 0 Å². The highest BCUT2D eigenvalue weighted by Gasteiger charge is 2.16. The summed E-state index contributed by atoms with van der Waals surface area (Å²) in [5.41, 5.74) is 1.83. The predicted octanol–water partition coefficient (Wildman–Crippen LogP) is 3.11. The molecule has 0 heterocycles. The second kappa shape index (κ2) is 6.15. The smallest absolute Gasteiger partial charge is 0.336 e. The molecule has 22 heavy (non-hydrogen) atoms. The van der Waals surface area contributed by atoms with Crippen LogP contribution in [0.1, 0.15) is 18.1 Å². The van der Waals surface area contributed by atoms with E-state index in [4.69, 9.17) is 0 Å². The van der Waals surface area contributed by atoms with Gasteiger partial charge in [-0.2, -0.15) is 0 Å². The Morgan fingerprint density at radius 2 is 1.55 bits per heavy atom. The molecule has 2 rings (SSSR count). The van der Waals surface area contributed by atoms with E-state index in [1.54, 1.807) is 43.3 Å². The molecule has 1 N–H and O–H groups in total. The van der Waals surface area contributed by atoms with Gasteiger partial charge in [0.2, 0.25) is 0 Å². The molecule has 114 valence electrons. The first kappa shape index (κ1) is 16.0. The highest BCUT2D eigenvalue weighted by atomic mass is 32.2. The van der Waals surface area contributed by atoms with Crippen LogP contribution in [0.25, 0.3) is 11.1 Å². The van der Waals surface area contributed by atoms with Crippen LogP contribution in [0.5, 0.6) is 0 Å². The lowest BCUT2D eigenvalue weighted by molar-refractivity contribution is -0.130. The third-order valence-corrected chi connectivity index (χ3v) is 4.46. The zero-order valence-electron chi connectivity index (χ0n) is 12.3. The van der Waals surface area contributed by atoms with Gasteiger partial charge in [-0.1, -0.05) is 42.5 Å². The van der Waals surface area contributed by atoms with Gasteiger partial charge in [-0.05, 0) is 35.8 Å². The first-order valence-corrected chi connectivity index (χ1v) is 8.50. The van der Waals surface area contributed by atoms with Crippen LogP contribution >= 0.6 is 0 Å². The summed E-state index contributed by atoms with van der Waals surface area (Å²) >= 11 is 0. The van der Waals surface area contributed by atoms with Crippen molar-refractivity contribution < 1.29 is 18.3 Å². The number of allylic oxidation sites excluding steroid dienone is 1. The molecule has 0 unspecified atom stereocenters. The maximum absolute atomic E-state index is 11.6. The Morgan fingerprint density at radius 3 is 2.09 bits per heavy atom. The summed E-state index contributed by atoms with van der Waals surface area (Å²) < 4.78 is 23.3. The molecule has 0 atom stereocenters. The lowest BCUT2D eigenvalue weighted by Gasteiger charge is -2.10. The molecule has 0 saturated carbocycles. The lowest BCUT2D eigenvalue weighted by Crippen LogP contribution is -2.03. The number of carboxylic acids is 1. The fraction of sp³-hybridized carbons (Fsp3) is 0.118. The van der Waals surface area contributed by atoms with Gasteiger partial charge in [-0.15, -0.1) is 0 Å². The van der Waals surface area contributed by atoms with E-state index in [2.05, 4.69) is 0 Å². The Bertz CT molecular complexity index is 834. The number of carbonyl (C=O) groups is 1. The minimum Gasteiger partial charge on any atom is -0.478 e. The second-order valence-corrected chi connectivity index (χ2v) is 6.99. The van der Waals surface area contributed by atoms with E-state index in [0.717, 1.165) is 6.26 Å². The number of carboxylic acid groups (broad SMARTS) is 1. The quantitative estimate of drug-likeness (QED) is 0.695. The summed E-state index contributed by atoms with van der Waals surface area (Å²) in [5.74, 6) is -1.05. The van der Waals surface area contributed by atoms with E-state index >= 15 is 0 Å². The molecule has 0 aromatic heterocycles. The Labute approximate surface area is 129 Å². The second-order valence-electron chi connectivity index (χ2n) is 4.97. The molecule has 0 bridgehead atoms. The Hall–Kier alpha value is -2.40. The zero-order valence-corrected chi connectivity index (χ0v) is 13.1. The average Bonchev–Trinajstić information content (AvgIpc) is 2.47. The third kappa shape index (κ3) is 3.43. The summed E-state index contributed by atoms with van der Waals surface area (Å²) in [6.07, 6.45) is 1.13. The van der Waals surface area contributed by atoms with E-state index in [1.807, 2.05) is 6.07 Å². The molecule has 0 spiro atoms. The highest BCUT2D eigenvalue weighted by molar-refractivity contribution is 7.90. The highest BCUT2D eigenvalue weighted by Crippen LogP contribution is 2.27. The Morgan fingerprint density at radius 1 is 0.955 bits per heavy atom. The van der Waals surface area contributed by atoms with Crippen LogP contribution in [0.2, 0.25) is 0 Å². The minimum atomic E-state index is -3.34. The average molecular weight is 316 g/mol. The Kier molecular flexibility index (Phi) is 4.47. The van der Waals surface area contributed by atoms with Crippen molar-refractivity contribution in [2.45, 2.75) is 11.8 Å². The molecule has 2 aromatic carbocycles. The maximum Gasteiger partial charge on any atom is 0.336 e. The summed E-state index contributed by atoms with van der Waals surface area (Å²) in [6, 6.07) is 15.1. The lowest BCUT2D eigenvalue weighted by atomic mass is 9.96. The first-order valence-electron chi connectivity index (χ1n) is 6.61. The normalized spacial score (nSPS) is 12.6. The van der Waals surface area contributed by atoms with Gasteiger partial charge in [0.25, 0.3) is 0 Å². The molecule has 0 radical (unpaired) electrons. The van der Waals surface area contributed by atoms with Gasteiger partial charge in [-0.25, -0.2) is 13.2 Å². The molecule has 0 aliphatic heterocycles. The fourth-order valence-corrected chi connectivity index (χ4v) is 2.88. The number of hydrogen-bond acceptors (Lipinski definition) is 3. The van der Waals surface area contributed by atoms with Crippen molar-refractivity contribution in [2.24, 2.45) is 0 Å². The molecular formula is C17H16O4S. The van der Waals surface area contributed by atoms with Crippen LogP contribution < -0.4 is 0 Å². The minimum absolute atomic E-state index is 0.159. The van der Waals surface area contributed by atoms with Crippen LogP contribution in [0.15, 0.2) is 59.5 Å². The molecular weight excluding hydrogens is 300 g/mol. The standard InChI is InChI=1S/C17H16O4S/c1-12(14-9-6-10-15(11-14)22(2,20)21)16(17(18)19)13-7-4-3-5-8-13/h3-11H,1-2H3,(H,18,19)/b16-12-. The van der Waals surface area contributed by atoms with E-state index in [-0.39, 0.29) is 10.5 Å². The topological polar surface area (TPSA) is 71.4 Å². The van der Waals surface area contributed by atoms with Gasteiger partial charge >= 0.3 is 5.97 Å². The van der Waals surface area contributed by atoms with E-state index in [9.17, 15) is 18.3 Å². The summed E-state index contributed by atoms with van der Waals surface area (Å²) in [7, 11) is -3.34. The predicted molar refractivity (Wildman–Crippen MR) is 86.1 cm³/mol. The molecule has 4 nitrogen and oxygen atoms in total. The molecule has 0 aliphatic rings. The number of sulfone groups is 1. The molecule has 0 saturated heterocycles. The van der Waals surface area contributed by atoms with Gasteiger partial charge < -0.3 is 5.11 Å². The summed E-state index contributed by atoms with van der Waals surface area (Å²) in [6.45, 7) is 1.68. The first-order chi connectivity index (χ1) is 10.3. The van der Waals surface area contributed by atoms with Gasteiger partial charge in [0, 0.05) is 6.26 Å². The van der Waals surface area contributed by atoms with Crippen LogP contribution in [-0.2, 0) is 14.6 Å². The van der Waals surface area contributed by atoms with Gasteiger partial charge in [0.1, 0.15) is 0 Å². The monoisotopic (exact) mass is 316 g/mol. The number of aliphatic carboxylic acids is 1. The van der Waals surface area contributed by atoms with Crippen molar-refractivity contribution in [1.82, 2.24) is 0 Å². The van der Waals surface area contributed by atoms with Gasteiger partial charge in [-0.3, -0.25) is 0 Å². The zero-order chi connectivity index (χ0) is 16.3. The van der Waals surface area contributed by atoms with Crippen molar-refractivity contribution in [1.29, 1.82) is 0 Å². The van der Waals surface area contributed by atoms with Crippen molar-refractivity contribution in [3.05, 3.63) is 65.7 Å². The third-order valence-electron chi connectivity index (χ3n) is 3.35. The van der Waals surface area contributed by atoms with E-state index < -0.39 is 15.8 Å².